The number of benzene rings is 2. The van der Waals surface area contributed by atoms with Gasteiger partial charge in [0.25, 0.3) is 0 Å². The molecule has 0 saturated carbocycles. The molecule has 0 aliphatic rings. The molecule has 146 valence electrons. The Morgan fingerprint density at radius 3 is 2.28 bits per heavy atom. The summed E-state index contributed by atoms with van der Waals surface area (Å²) in [6.45, 7) is 3.00. The van der Waals surface area contributed by atoms with Crippen LogP contribution < -0.4 is 0 Å². The van der Waals surface area contributed by atoms with Gasteiger partial charge in [-0.3, -0.25) is 9.55 Å². The van der Waals surface area contributed by atoms with E-state index in [4.69, 9.17) is 0 Å². The summed E-state index contributed by atoms with van der Waals surface area (Å²) in [6, 6.07) is 25.1. The van der Waals surface area contributed by atoms with E-state index in [9.17, 15) is 0 Å². The van der Waals surface area contributed by atoms with Gasteiger partial charge in [0.05, 0.1) is 6.54 Å². The second kappa shape index (κ2) is 9.52. The summed E-state index contributed by atoms with van der Waals surface area (Å²) in [7, 11) is 0. The predicted molar refractivity (Wildman–Crippen MR) is 119 cm³/mol. The molecule has 4 nitrogen and oxygen atoms in total. The lowest BCUT2D eigenvalue weighted by Crippen LogP contribution is -2.07. The van der Waals surface area contributed by atoms with Gasteiger partial charge >= 0.3 is 0 Å². The smallest absolute Gasteiger partial charge is 0.192 e. The van der Waals surface area contributed by atoms with E-state index in [1.807, 2.05) is 24.4 Å². The molecule has 4 aromatic rings. The largest absolute Gasteiger partial charge is 0.297 e. The molecule has 0 spiro atoms. The van der Waals surface area contributed by atoms with Crippen molar-refractivity contribution in [2.24, 2.45) is 0 Å². The van der Waals surface area contributed by atoms with Gasteiger partial charge in [0, 0.05) is 23.2 Å². The maximum Gasteiger partial charge on any atom is 0.192 e. The van der Waals surface area contributed by atoms with E-state index in [2.05, 4.69) is 81.3 Å². The Bertz CT molecular complexity index is 1020. The summed E-state index contributed by atoms with van der Waals surface area (Å²) in [4.78, 5) is 4.25. The number of nitrogens with zero attached hydrogens (tertiary/aromatic N) is 4. The molecular formula is C24H24N4S. The third-order valence-corrected chi connectivity index (χ3v) is 5.96. The van der Waals surface area contributed by atoms with Crippen LogP contribution in [0.15, 0.2) is 90.3 Å². The monoisotopic (exact) mass is 400 g/mol. The summed E-state index contributed by atoms with van der Waals surface area (Å²) >= 11 is 1.79. The summed E-state index contributed by atoms with van der Waals surface area (Å²) in [5.41, 5.74) is 3.60. The number of pyridine rings is 1. The zero-order valence-corrected chi connectivity index (χ0v) is 17.3. The van der Waals surface area contributed by atoms with Gasteiger partial charge in [-0.25, -0.2) is 0 Å². The number of aromatic nitrogens is 4. The molecule has 0 fully saturated rings. The molecule has 29 heavy (non-hydrogen) atoms. The van der Waals surface area contributed by atoms with Crippen LogP contribution in [0.4, 0.5) is 0 Å². The molecule has 2 aromatic heterocycles. The number of thioether (sulfide) groups is 1. The maximum atomic E-state index is 4.53. The topological polar surface area (TPSA) is 43.6 Å². The Labute approximate surface area is 176 Å². The minimum atomic E-state index is 0.440. The van der Waals surface area contributed by atoms with Gasteiger partial charge < -0.3 is 0 Å². The second-order valence-corrected chi connectivity index (χ2v) is 8.48. The first kappa shape index (κ1) is 19.4. The molecule has 0 bridgehead atoms. The van der Waals surface area contributed by atoms with Crippen LogP contribution in [-0.4, -0.2) is 25.0 Å². The fraction of sp³-hybridized carbons (Fsp3) is 0.208. The van der Waals surface area contributed by atoms with Gasteiger partial charge in [0.1, 0.15) is 0 Å². The first-order chi connectivity index (χ1) is 14.3. The summed E-state index contributed by atoms with van der Waals surface area (Å²) < 4.78 is 2.20. The van der Waals surface area contributed by atoms with Crippen molar-refractivity contribution in [3.8, 4) is 11.4 Å². The first-order valence-electron chi connectivity index (χ1n) is 9.87. The van der Waals surface area contributed by atoms with Crippen LogP contribution in [0.3, 0.4) is 0 Å². The molecule has 0 N–H and O–H groups in total. The molecule has 2 heterocycles. The number of hydrogen-bond donors (Lipinski definition) is 0. The quantitative estimate of drug-likeness (QED) is 0.366. The highest BCUT2D eigenvalue weighted by atomic mass is 32.2. The zero-order valence-electron chi connectivity index (χ0n) is 16.5. The van der Waals surface area contributed by atoms with Gasteiger partial charge in [-0.05, 0) is 36.1 Å². The molecule has 2 aromatic carbocycles. The third-order valence-electron chi connectivity index (χ3n) is 4.81. The molecule has 0 amide bonds. The molecule has 1 unspecified atom stereocenters. The van der Waals surface area contributed by atoms with Crippen LogP contribution in [-0.2, 0) is 13.0 Å². The van der Waals surface area contributed by atoms with Crippen molar-refractivity contribution in [1.82, 2.24) is 19.7 Å². The van der Waals surface area contributed by atoms with Gasteiger partial charge in [0.2, 0.25) is 0 Å². The van der Waals surface area contributed by atoms with Crippen LogP contribution in [0.5, 0.6) is 0 Å². The average Bonchev–Trinajstić information content (AvgIpc) is 3.16. The van der Waals surface area contributed by atoms with Crippen molar-refractivity contribution in [3.05, 3.63) is 96.3 Å². The van der Waals surface area contributed by atoms with Crippen LogP contribution in [0.1, 0.15) is 24.5 Å². The first-order valence-corrected chi connectivity index (χ1v) is 10.8. The third kappa shape index (κ3) is 5.12. The van der Waals surface area contributed by atoms with Gasteiger partial charge in [-0.1, -0.05) is 79.3 Å². The van der Waals surface area contributed by atoms with Crippen LogP contribution >= 0.6 is 11.8 Å². The minimum absolute atomic E-state index is 0.440. The summed E-state index contributed by atoms with van der Waals surface area (Å²) in [6.07, 6.45) is 5.79. The molecule has 0 saturated heterocycles. The van der Waals surface area contributed by atoms with Crippen LogP contribution in [0.2, 0.25) is 0 Å². The SMILES string of the molecule is CC(CCc1ccccc1)Sc1nnc(-c2cccnc2)n1Cc1ccccc1. The van der Waals surface area contributed by atoms with E-state index in [-0.39, 0.29) is 0 Å². The Kier molecular flexibility index (Phi) is 6.37. The number of hydrogen-bond acceptors (Lipinski definition) is 4. The molecule has 4 rings (SSSR count). The highest BCUT2D eigenvalue weighted by Gasteiger charge is 2.17. The Hall–Kier alpha value is -2.92. The van der Waals surface area contributed by atoms with Crippen molar-refractivity contribution >= 4 is 11.8 Å². The Balaban J connectivity index is 1.55. The highest BCUT2D eigenvalue weighted by Crippen LogP contribution is 2.29. The number of rotatable bonds is 8. The van der Waals surface area contributed by atoms with E-state index < -0.39 is 0 Å². The van der Waals surface area contributed by atoms with Crippen molar-refractivity contribution in [3.63, 3.8) is 0 Å². The van der Waals surface area contributed by atoms with E-state index in [0.717, 1.165) is 35.9 Å². The van der Waals surface area contributed by atoms with Crippen molar-refractivity contribution < 1.29 is 0 Å². The van der Waals surface area contributed by atoms with Crippen molar-refractivity contribution in [1.29, 1.82) is 0 Å². The number of aryl methyl sites for hydroxylation is 1. The van der Waals surface area contributed by atoms with E-state index in [1.165, 1.54) is 11.1 Å². The maximum absolute atomic E-state index is 4.53. The van der Waals surface area contributed by atoms with E-state index >= 15 is 0 Å². The second-order valence-electron chi connectivity index (χ2n) is 7.07. The normalized spacial score (nSPS) is 12.0. The minimum Gasteiger partial charge on any atom is -0.297 e. The molecule has 5 heteroatoms. The average molecular weight is 401 g/mol. The van der Waals surface area contributed by atoms with Gasteiger partial charge in [-0.15, -0.1) is 10.2 Å². The highest BCUT2D eigenvalue weighted by molar-refractivity contribution is 7.99. The van der Waals surface area contributed by atoms with Crippen LogP contribution in [0.25, 0.3) is 11.4 Å². The fourth-order valence-corrected chi connectivity index (χ4v) is 4.21. The van der Waals surface area contributed by atoms with Crippen LogP contribution in [0, 0.1) is 0 Å². The zero-order chi connectivity index (χ0) is 19.9. The lowest BCUT2D eigenvalue weighted by atomic mass is 10.1. The molecule has 0 aliphatic carbocycles. The molecule has 1 atom stereocenters. The Morgan fingerprint density at radius 2 is 1.59 bits per heavy atom. The molecule has 0 radical (unpaired) electrons. The van der Waals surface area contributed by atoms with E-state index in [1.54, 1.807) is 18.0 Å². The van der Waals surface area contributed by atoms with E-state index in [0.29, 0.717) is 5.25 Å². The standard InChI is InChI=1S/C24H24N4S/c1-19(14-15-20-9-4-2-5-10-20)29-24-27-26-23(22-13-8-16-25-17-22)28(24)18-21-11-6-3-7-12-21/h2-13,16-17,19H,14-15,18H2,1H3. The lowest BCUT2D eigenvalue weighted by Gasteiger charge is -2.14. The molecular weight excluding hydrogens is 376 g/mol. The molecule has 0 aliphatic heterocycles. The predicted octanol–water partition coefficient (Wildman–Crippen LogP) is 5.50. The Morgan fingerprint density at radius 1 is 0.862 bits per heavy atom. The van der Waals surface area contributed by atoms with Crippen molar-refractivity contribution in [2.45, 2.75) is 36.7 Å². The fourth-order valence-electron chi connectivity index (χ4n) is 3.25. The van der Waals surface area contributed by atoms with Gasteiger partial charge in [0.15, 0.2) is 11.0 Å². The van der Waals surface area contributed by atoms with Crippen molar-refractivity contribution in [2.75, 3.05) is 0 Å². The summed E-state index contributed by atoms with van der Waals surface area (Å²) in [5, 5.41) is 10.4. The van der Waals surface area contributed by atoms with Gasteiger partial charge in [-0.2, -0.15) is 0 Å². The lowest BCUT2D eigenvalue weighted by molar-refractivity contribution is 0.708. The summed E-state index contributed by atoms with van der Waals surface area (Å²) in [5.74, 6) is 0.861.